The van der Waals surface area contributed by atoms with Crippen molar-refractivity contribution < 1.29 is 9.59 Å². The maximum Gasteiger partial charge on any atom is 0.228 e. The molecular formula is C22H23N3O2. The predicted molar refractivity (Wildman–Crippen MR) is 106 cm³/mol. The molecule has 0 spiro atoms. The minimum absolute atomic E-state index is 0.0288. The standard InChI is InChI=1S/C22H23N3O2/c1-14-6-8-16(9-7-14)25-22(27)19-12-18(19)21(26)23-11-10-15-13-24-20-5-3-2-4-17(15)20/h2-9,13,18-19,24H,10-12H2,1H3,(H,23,26)(H,25,27). The topological polar surface area (TPSA) is 74.0 Å². The second-order valence-electron chi connectivity index (χ2n) is 7.20. The highest BCUT2D eigenvalue weighted by Crippen LogP contribution is 2.39. The lowest BCUT2D eigenvalue weighted by molar-refractivity contribution is -0.125. The number of H-pyrrole nitrogens is 1. The van der Waals surface area contributed by atoms with Crippen molar-refractivity contribution in [3.8, 4) is 0 Å². The fourth-order valence-electron chi connectivity index (χ4n) is 3.44. The molecule has 3 N–H and O–H groups in total. The number of para-hydroxylation sites is 1. The number of fused-ring (bicyclic) bond motifs is 1. The molecule has 1 aliphatic carbocycles. The Kier molecular flexibility index (Phi) is 4.67. The van der Waals surface area contributed by atoms with E-state index in [0.29, 0.717) is 13.0 Å². The Labute approximate surface area is 158 Å². The summed E-state index contributed by atoms with van der Waals surface area (Å²) in [5.74, 6) is -0.535. The second kappa shape index (κ2) is 7.27. The number of carbonyl (C=O) groups is 2. The highest BCUT2D eigenvalue weighted by molar-refractivity contribution is 5.99. The number of hydrogen-bond donors (Lipinski definition) is 3. The van der Waals surface area contributed by atoms with Gasteiger partial charge in [-0.05, 0) is 43.5 Å². The molecule has 1 aliphatic rings. The number of rotatable bonds is 6. The molecule has 0 aliphatic heterocycles. The molecule has 2 atom stereocenters. The van der Waals surface area contributed by atoms with Gasteiger partial charge in [-0.1, -0.05) is 35.9 Å². The monoisotopic (exact) mass is 361 g/mol. The average molecular weight is 361 g/mol. The van der Waals surface area contributed by atoms with E-state index < -0.39 is 0 Å². The SMILES string of the molecule is Cc1ccc(NC(=O)C2CC2C(=O)NCCc2c[nH]c3ccccc23)cc1. The number of aromatic nitrogens is 1. The normalized spacial score (nSPS) is 18.3. The third-order valence-corrected chi connectivity index (χ3v) is 5.15. The summed E-state index contributed by atoms with van der Waals surface area (Å²) < 4.78 is 0. The van der Waals surface area contributed by atoms with Crippen LogP contribution in [0.25, 0.3) is 10.9 Å². The first kappa shape index (κ1) is 17.3. The Morgan fingerprint density at radius 1 is 1.04 bits per heavy atom. The number of amides is 2. The molecule has 2 amide bonds. The molecule has 0 radical (unpaired) electrons. The van der Waals surface area contributed by atoms with E-state index in [2.05, 4.69) is 21.7 Å². The van der Waals surface area contributed by atoms with Gasteiger partial charge < -0.3 is 15.6 Å². The van der Waals surface area contributed by atoms with Crippen LogP contribution in [0, 0.1) is 18.8 Å². The summed E-state index contributed by atoms with van der Waals surface area (Å²) in [5.41, 5.74) is 4.21. The van der Waals surface area contributed by atoms with E-state index in [9.17, 15) is 9.59 Å². The van der Waals surface area contributed by atoms with Crippen LogP contribution < -0.4 is 10.6 Å². The summed E-state index contributed by atoms with van der Waals surface area (Å²) in [7, 11) is 0. The van der Waals surface area contributed by atoms with Crippen molar-refractivity contribution in [2.24, 2.45) is 11.8 Å². The van der Waals surface area contributed by atoms with Crippen LogP contribution in [0.2, 0.25) is 0 Å². The van der Waals surface area contributed by atoms with Gasteiger partial charge in [-0.15, -0.1) is 0 Å². The van der Waals surface area contributed by atoms with Gasteiger partial charge in [0.2, 0.25) is 11.8 Å². The molecule has 2 aromatic carbocycles. The van der Waals surface area contributed by atoms with Crippen molar-refractivity contribution in [1.82, 2.24) is 10.3 Å². The van der Waals surface area contributed by atoms with Crippen molar-refractivity contribution in [2.45, 2.75) is 19.8 Å². The first-order valence-corrected chi connectivity index (χ1v) is 9.32. The molecule has 5 nitrogen and oxygen atoms in total. The molecular weight excluding hydrogens is 338 g/mol. The Hall–Kier alpha value is -3.08. The van der Waals surface area contributed by atoms with E-state index in [1.54, 1.807) is 0 Å². The Morgan fingerprint density at radius 2 is 1.78 bits per heavy atom. The van der Waals surface area contributed by atoms with Crippen molar-refractivity contribution in [2.75, 3.05) is 11.9 Å². The molecule has 1 saturated carbocycles. The van der Waals surface area contributed by atoms with Crippen LogP contribution in [0.1, 0.15) is 17.5 Å². The lowest BCUT2D eigenvalue weighted by atomic mass is 10.1. The summed E-state index contributed by atoms with van der Waals surface area (Å²) in [4.78, 5) is 27.8. The fraction of sp³-hybridized carbons (Fsp3) is 0.273. The van der Waals surface area contributed by atoms with Crippen LogP contribution in [-0.4, -0.2) is 23.3 Å². The maximum absolute atomic E-state index is 12.3. The Balaban J connectivity index is 1.25. The zero-order valence-corrected chi connectivity index (χ0v) is 15.3. The van der Waals surface area contributed by atoms with Gasteiger partial charge in [0.25, 0.3) is 0 Å². The van der Waals surface area contributed by atoms with Crippen LogP contribution in [0.3, 0.4) is 0 Å². The van der Waals surface area contributed by atoms with E-state index in [1.165, 1.54) is 10.9 Å². The predicted octanol–water partition coefficient (Wildman–Crippen LogP) is 3.41. The van der Waals surface area contributed by atoms with Gasteiger partial charge in [-0.3, -0.25) is 9.59 Å². The van der Waals surface area contributed by atoms with Gasteiger partial charge in [-0.2, -0.15) is 0 Å². The van der Waals surface area contributed by atoms with Gasteiger partial charge in [0.15, 0.2) is 0 Å². The van der Waals surface area contributed by atoms with Crippen LogP contribution in [-0.2, 0) is 16.0 Å². The van der Waals surface area contributed by atoms with Crippen molar-refractivity contribution >= 4 is 28.4 Å². The summed E-state index contributed by atoms with van der Waals surface area (Å²) in [5, 5.41) is 7.05. The molecule has 27 heavy (non-hydrogen) atoms. The fourth-order valence-corrected chi connectivity index (χ4v) is 3.44. The maximum atomic E-state index is 12.3. The van der Waals surface area contributed by atoms with E-state index >= 15 is 0 Å². The lowest BCUT2D eigenvalue weighted by Crippen LogP contribution is -2.29. The minimum Gasteiger partial charge on any atom is -0.361 e. The molecule has 1 aromatic heterocycles. The molecule has 5 heteroatoms. The largest absolute Gasteiger partial charge is 0.361 e. The molecule has 1 fully saturated rings. The quantitative estimate of drug-likeness (QED) is 0.629. The zero-order chi connectivity index (χ0) is 18.8. The molecule has 138 valence electrons. The highest BCUT2D eigenvalue weighted by atomic mass is 16.2. The second-order valence-corrected chi connectivity index (χ2v) is 7.20. The third kappa shape index (κ3) is 3.87. The number of benzene rings is 2. The highest BCUT2D eigenvalue weighted by Gasteiger charge is 2.47. The average Bonchev–Trinajstić information content (AvgIpc) is 3.39. The zero-order valence-electron chi connectivity index (χ0n) is 15.3. The van der Waals surface area contributed by atoms with Crippen molar-refractivity contribution in [3.05, 3.63) is 65.9 Å². The van der Waals surface area contributed by atoms with Crippen LogP contribution in [0.15, 0.2) is 54.7 Å². The van der Waals surface area contributed by atoms with Crippen molar-refractivity contribution in [1.29, 1.82) is 0 Å². The van der Waals surface area contributed by atoms with E-state index in [1.807, 2.05) is 55.6 Å². The Morgan fingerprint density at radius 3 is 2.59 bits per heavy atom. The first-order chi connectivity index (χ1) is 13.1. The van der Waals surface area contributed by atoms with Crippen LogP contribution in [0.4, 0.5) is 5.69 Å². The number of carbonyl (C=O) groups excluding carboxylic acids is 2. The number of hydrogen-bond acceptors (Lipinski definition) is 2. The van der Waals surface area contributed by atoms with Crippen LogP contribution in [0.5, 0.6) is 0 Å². The summed E-state index contributed by atoms with van der Waals surface area (Å²) in [6.07, 6.45) is 3.38. The molecule has 0 bridgehead atoms. The molecule has 3 aromatic rings. The molecule has 0 saturated heterocycles. The smallest absolute Gasteiger partial charge is 0.228 e. The molecule has 4 rings (SSSR count). The Bertz CT molecular complexity index is 975. The van der Waals surface area contributed by atoms with Gasteiger partial charge >= 0.3 is 0 Å². The number of aromatic amines is 1. The van der Waals surface area contributed by atoms with Crippen LogP contribution >= 0.6 is 0 Å². The lowest BCUT2D eigenvalue weighted by Gasteiger charge is -2.06. The third-order valence-electron chi connectivity index (χ3n) is 5.15. The van der Waals surface area contributed by atoms with E-state index in [0.717, 1.165) is 23.2 Å². The molecule has 2 unspecified atom stereocenters. The van der Waals surface area contributed by atoms with Gasteiger partial charge in [-0.25, -0.2) is 0 Å². The number of aryl methyl sites for hydroxylation is 1. The van der Waals surface area contributed by atoms with E-state index in [-0.39, 0.29) is 23.7 Å². The first-order valence-electron chi connectivity index (χ1n) is 9.32. The summed E-state index contributed by atoms with van der Waals surface area (Å²) >= 11 is 0. The van der Waals surface area contributed by atoms with Gasteiger partial charge in [0, 0.05) is 29.3 Å². The molecule has 1 heterocycles. The number of anilines is 1. The summed E-state index contributed by atoms with van der Waals surface area (Å²) in [6, 6.07) is 15.8. The van der Waals surface area contributed by atoms with E-state index in [4.69, 9.17) is 0 Å². The van der Waals surface area contributed by atoms with Crippen molar-refractivity contribution in [3.63, 3.8) is 0 Å². The minimum atomic E-state index is -0.223. The van der Waals surface area contributed by atoms with Gasteiger partial charge in [0.1, 0.15) is 0 Å². The van der Waals surface area contributed by atoms with Gasteiger partial charge in [0.05, 0.1) is 11.8 Å². The summed E-state index contributed by atoms with van der Waals surface area (Å²) in [6.45, 7) is 2.58. The number of nitrogens with one attached hydrogen (secondary N) is 3.